The molecule has 17 heavy (non-hydrogen) atoms. The smallest absolute Gasteiger partial charge is 0.251 e. The van der Waals surface area contributed by atoms with Gasteiger partial charge in [0.25, 0.3) is 5.91 Å². The van der Waals surface area contributed by atoms with E-state index in [4.69, 9.17) is 5.84 Å². The van der Waals surface area contributed by atoms with Gasteiger partial charge in [0.1, 0.15) is 0 Å². The lowest BCUT2D eigenvalue weighted by Gasteiger charge is -2.45. The van der Waals surface area contributed by atoms with Gasteiger partial charge in [0.2, 0.25) is 0 Å². The van der Waals surface area contributed by atoms with Crippen molar-refractivity contribution in [2.24, 2.45) is 17.2 Å². The summed E-state index contributed by atoms with van der Waals surface area (Å²) in [7, 11) is 0. The molecule has 0 aromatic carbocycles. The fourth-order valence-corrected chi connectivity index (χ4v) is 2.60. The first-order valence-electron chi connectivity index (χ1n) is 6.22. The molecule has 1 aliphatic rings. The molecule has 5 heteroatoms. The molecule has 0 aliphatic carbocycles. The largest absolute Gasteiger partial charge is 0.392 e. The number of aliphatic hydroxyl groups is 1. The molecule has 1 heterocycles. The Labute approximate surface area is 103 Å². The fourth-order valence-electron chi connectivity index (χ4n) is 2.60. The molecule has 4 N–H and O–H groups in total. The van der Waals surface area contributed by atoms with Gasteiger partial charge in [0, 0.05) is 18.5 Å². The number of nitrogens with two attached hydrogens (primary N) is 1. The lowest BCUT2D eigenvalue weighted by Crippen LogP contribution is -2.58. The number of aliphatic hydroxyl groups excluding tert-OH is 1. The van der Waals surface area contributed by atoms with Gasteiger partial charge in [0.15, 0.2) is 0 Å². The van der Waals surface area contributed by atoms with Gasteiger partial charge in [0.05, 0.1) is 12.1 Å². The number of hydrogen-bond acceptors (Lipinski definition) is 4. The first kappa shape index (κ1) is 14.4. The standard InChI is InChI=1S/C12H25N3O2/c1-8(2)10(11(17)14-13)15-6-5-9(16)12(3,4)7-15/h8-10,16H,5-7,13H2,1-4H3,(H,14,17). The van der Waals surface area contributed by atoms with Crippen LogP contribution in [0, 0.1) is 11.3 Å². The van der Waals surface area contributed by atoms with Crippen LogP contribution in [-0.4, -0.2) is 41.1 Å². The highest BCUT2D eigenvalue weighted by Crippen LogP contribution is 2.31. The predicted molar refractivity (Wildman–Crippen MR) is 66.9 cm³/mol. The zero-order valence-electron chi connectivity index (χ0n) is 11.2. The second kappa shape index (κ2) is 5.33. The van der Waals surface area contributed by atoms with Crippen LogP contribution in [0.2, 0.25) is 0 Å². The van der Waals surface area contributed by atoms with E-state index in [2.05, 4.69) is 10.3 Å². The summed E-state index contributed by atoms with van der Waals surface area (Å²) in [6, 6.07) is -0.216. The maximum Gasteiger partial charge on any atom is 0.251 e. The number of carbonyl (C=O) groups excluding carboxylic acids is 1. The van der Waals surface area contributed by atoms with Crippen molar-refractivity contribution in [1.82, 2.24) is 10.3 Å². The van der Waals surface area contributed by atoms with Crippen molar-refractivity contribution < 1.29 is 9.90 Å². The van der Waals surface area contributed by atoms with E-state index < -0.39 is 0 Å². The van der Waals surface area contributed by atoms with Crippen molar-refractivity contribution in [2.45, 2.75) is 46.3 Å². The van der Waals surface area contributed by atoms with Crippen LogP contribution in [0.1, 0.15) is 34.1 Å². The van der Waals surface area contributed by atoms with Crippen molar-refractivity contribution in [3.63, 3.8) is 0 Å². The van der Waals surface area contributed by atoms with Gasteiger partial charge in [-0.2, -0.15) is 0 Å². The average Bonchev–Trinajstić information content (AvgIpc) is 2.22. The highest BCUT2D eigenvalue weighted by atomic mass is 16.3. The Balaban J connectivity index is 2.80. The number of nitrogens with one attached hydrogen (secondary N) is 1. The summed E-state index contributed by atoms with van der Waals surface area (Å²) >= 11 is 0. The molecule has 0 radical (unpaired) electrons. The van der Waals surface area contributed by atoms with Crippen LogP contribution in [0.25, 0.3) is 0 Å². The summed E-state index contributed by atoms with van der Waals surface area (Å²) < 4.78 is 0. The zero-order valence-corrected chi connectivity index (χ0v) is 11.2. The van der Waals surface area contributed by atoms with Crippen LogP contribution in [0.3, 0.4) is 0 Å². The minimum atomic E-state index is -0.299. The van der Waals surface area contributed by atoms with Gasteiger partial charge in [-0.05, 0) is 12.3 Å². The van der Waals surface area contributed by atoms with Crippen molar-refractivity contribution in [2.75, 3.05) is 13.1 Å². The summed E-state index contributed by atoms with van der Waals surface area (Å²) in [5.41, 5.74) is 2.06. The van der Waals surface area contributed by atoms with Gasteiger partial charge >= 0.3 is 0 Å². The Kier molecular flexibility index (Phi) is 4.52. The molecule has 0 spiro atoms. The van der Waals surface area contributed by atoms with E-state index in [1.165, 1.54) is 0 Å². The maximum atomic E-state index is 11.8. The van der Waals surface area contributed by atoms with Gasteiger partial charge in [-0.1, -0.05) is 27.7 Å². The Morgan fingerprint density at radius 1 is 1.53 bits per heavy atom. The van der Waals surface area contributed by atoms with Crippen molar-refractivity contribution in [1.29, 1.82) is 0 Å². The number of hydrazine groups is 1. The van der Waals surface area contributed by atoms with Crippen LogP contribution in [-0.2, 0) is 4.79 Å². The Morgan fingerprint density at radius 3 is 2.53 bits per heavy atom. The molecule has 0 aromatic rings. The summed E-state index contributed by atoms with van der Waals surface area (Å²) in [5.74, 6) is 5.29. The lowest BCUT2D eigenvalue weighted by molar-refractivity contribution is -0.131. The van der Waals surface area contributed by atoms with E-state index in [0.717, 1.165) is 6.54 Å². The van der Waals surface area contributed by atoms with E-state index in [0.29, 0.717) is 13.0 Å². The number of piperidine rings is 1. The van der Waals surface area contributed by atoms with Gasteiger partial charge in [-0.3, -0.25) is 15.1 Å². The molecule has 1 aliphatic heterocycles. The second-order valence-electron chi connectivity index (χ2n) is 5.96. The SMILES string of the molecule is CC(C)C(C(=O)NN)N1CCC(O)C(C)(C)C1. The summed E-state index contributed by atoms with van der Waals surface area (Å²) in [6.07, 6.45) is 0.404. The van der Waals surface area contributed by atoms with Gasteiger partial charge < -0.3 is 5.11 Å². The third-order valence-electron chi connectivity index (χ3n) is 3.64. The number of rotatable bonds is 3. The van der Waals surface area contributed by atoms with Crippen molar-refractivity contribution in [3.8, 4) is 0 Å². The Bertz CT molecular complexity index is 279. The van der Waals surface area contributed by atoms with Crippen LogP contribution in [0.4, 0.5) is 0 Å². The molecular formula is C12H25N3O2. The molecule has 5 nitrogen and oxygen atoms in total. The monoisotopic (exact) mass is 243 g/mol. The summed E-state index contributed by atoms with van der Waals surface area (Å²) in [6.45, 7) is 9.53. The Morgan fingerprint density at radius 2 is 2.12 bits per heavy atom. The van der Waals surface area contributed by atoms with E-state index in [-0.39, 0.29) is 29.4 Å². The molecule has 1 fully saturated rings. The maximum absolute atomic E-state index is 11.8. The molecule has 0 saturated carbocycles. The molecule has 100 valence electrons. The lowest BCUT2D eigenvalue weighted by atomic mass is 9.80. The van der Waals surface area contributed by atoms with Crippen molar-refractivity contribution in [3.05, 3.63) is 0 Å². The molecule has 2 atom stereocenters. The summed E-state index contributed by atoms with van der Waals surface area (Å²) in [4.78, 5) is 13.9. The highest BCUT2D eigenvalue weighted by molar-refractivity contribution is 5.81. The van der Waals surface area contributed by atoms with Crippen LogP contribution >= 0.6 is 0 Å². The normalized spacial score (nSPS) is 26.9. The van der Waals surface area contributed by atoms with E-state index >= 15 is 0 Å². The number of nitrogens with zero attached hydrogens (tertiary/aromatic N) is 1. The first-order valence-corrected chi connectivity index (χ1v) is 6.22. The number of amides is 1. The van der Waals surface area contributed by atoms with Crippen LogP contribution < -0.4 is 11.3 Å². The first-order chi connectivity index (χ1) is 7.79. The number of likely N-dealkylation sites (tertiary alicyclic amines) is 1. The molecule has 1 rings (SSSR count). The quantitative estimate of drug-likeness (QED) is 0.373. The minimum Gasteiger partial charge on any atom is -0.392 e. The molecule has 1 saturated heterocycles. The molecule has 2 unspecified atom stereocenters. The molecule has 0 bridgehead atoms. The number of hydrogen-bond donors (Lipinski definition) is 3. The Hall–Kier alpha value is -0.650. The molecule has 0 aromatic heterocycles. The van der Waals surface area contributed by atoms with Crippen molar-refractivity contribution >= 4 is 5.91 Å². The second-order valence-corrected chi connectivity index (χ2v) is 5.96. The highest BCUT2D eigenvalue weighted by Gasteiger charge is 2.39. The molecule has 1 amide bonds. The zero-order chi connectivity index (χ0) is 13.2. The van der Waals surface area contributed by atoms with Gasteiger partial charge in [-0.15, -0.1) is 0 Å². The molecular weight excluding hydrogens is 218 g/mol. The number of carbonyl (C=O) groups is 1. The van der Waals surface area contributed by atoms with Gasteiger partial charge in [-0.25, -0.2) is 5.84 Å². The predicted octanol–water partition coefficient (Wildman–Crippen LogP) is 0.0937. The van der Waals surface area contributed by atoms with Crippen LogP contribution in [0.15, 0.2) is 0 Å². The van der Waals surface area contributed by atoms with Crippen LogP contribution in [0.5, 0.6) is 0 Å². The third-order valence-corrected chi connectivity index (χ3v) is 3.64. The third kappa shape index (κ3) is 3.18. The fraction of sp³-hybridized carbons (Fsp3) is 0.917. The average molecular weight is 243 g/mol. The van der Waals surface area contributed by atoms with E-state index in [9.17, 15) is 9.90 Å². The summed E-state index contributed by atoms with van der Waals surface area (Å²) in [5, 5.41) is 9.92. The van der Waals surface area contributed by atoms with E-state index in [1.54, 1.807) is 0 Å². The topological polar surface area (TPSA) is 78.6 Å². The van der Waals surface area contributed by atoms with E-state index in [1.807, 2.05) is 27.7 Å². The minimum absolute atomic E-state index is 0.146.